The summed E-state index contributed by atoms with van der Waals surface area (Å²) < 4.78 is 16.1. The molecule has 1 heterocycles. The number of rotatable bonds is 3. The minimum absolute atomic E-state index is 0.200. The van der Waals surface area contributed by atoms with Crippen molar-refractivity contribution in [1.29, 1.82) is 0 Å². The van der Waals surface area contributed by atoms with Gasteiger partial charge in [-0.15, -0.1) is 0 Å². The average Bonchev–Trinajstić information content (AvgIpc) is 2.62. The average molecular weight is 329 g/mol. The maximum atomic E-state index is 12.8. The molecule has 1 rings (SSSR count). The van der Waals surface area contributed by atoms with Gasteiger partial charge in [0.1, 0.15) is 5.72 Å². The van der Waals surface area contributed by atoms with E-state index in [9.17, 15) is 9.59 Å². The Hall–Kier alpha value is -1.30. The van der Waals surface area contributed by atoms with Crippen LogP contribution in [0.1, 0.15) is 55.4 Å². The highest BCUT2D eigenvalue weighted by Crippen LogP contribution is 2.36. The van der Waals surface area contributed by atoms with Crippen LogP contribution >= 0.6 is 0 Å². The molecule has 0 bridgehead atoms. The van der Waals surface area contributed by atoms with E-state index in [4.69, 9.17) is 14.2 Å². The van der Waals surface area contributed by atoms with Gasteiger partial charge in [-0.2, -0.15) is 0 Å². The smallest absolute Gasteiger partial charge is 0.413 e. The van der Waals surface area contributed by atoms with E-state index < -0.39 is 29.4 Å². The summed E-state index contributed by atoms with van der Waals surface area (Å²) in [6.45, 7) is 15.7. The van der Waals surface area contributed by atoms with Crippen molar-refractivity contribution >= 4 is 12.1 Å². The minimum atomic E-state index is -0.959. The van der Waals surface area contributed by atoms with Crippen LogP contribution in [-0.4, -0.2) is 48.0 Å². The van der Waals surface area contributed by atoms with Gasteiger partial charge >= 0.3 is 12.1 Å². The zero-order chi connectivity index (χ0) is 18.2. The number of methoxy groups -OCH3 is 1. The van der Waals surface area contributed by atoms with Crippen LogP contribution in [0.2, 0.25) is 0 Å². The van der Waals surface area contributed by atoms with Crippen LogP contribution in [0.5, 0.6) is 0 Å². The van der Waals surface area contributed by atoms with Crippen molar-refractivity contribution in [3.05, 3.63) is 0 Å². The van der Waals surface area contributed by atoms with Gasteiger partial charge in [0, 0.05) is 5.92 Å². The number of carbonyl (C=O) groups is 2. The van der Waals surface area contributed by atoms with E-state index >= 15 is 0 Å². The molecule has 1 fully saturated rings. The van der Waals surface area contributed by atoms with Crippen molar-refractivity contribution in [3.63, 3.8) is 0 Å². The zero-order valence-electron chi connectivity index (χ0n) is 15.9. The summed E-state index contributed by atoms with van der Waals surface area (Å²) in [6.07, 6.45) is -1.52. The second-order valence-corrected chi connectivity index (χ2v) is 8.37. The van der Waals surface area contributed by atoms with Gasteiger partial charge in [0.25, 0.3) is 0 Å². The largest absolute Gasteiger partial charge is 0.466 e. The maximum Gasteiger partial charge on any atom is 0.413 e. The number of amides is 1. The molecule has 1 aliphatic heterocycles. The Balaban J connectivity index is 3.04. The van der Waals surface area contributed by atoms with Gasteiger partial charge in [-0.3, -0.25) is 4.90 Å². The van der Waals surface area contributed by atoms with Gasteiger partial charge in [-0.1, -0.05) is 27.7 Å². The fourth-order valence-corrected chi connectivity index (χ4v) is 2.76. The number of ether oxygens (including phenoxy) is 3. The van der Waals surface area contributed by atoms with Crippen molar-refractivity contribution in [2.45, 2.75) is 72.8 Å². The first-order chi connectivity index (χ1) is 10.2. The van der Waals surface area contributed by atoms with Gasteiger partial charge < -0.3 is 14.2 Å². The summed E-state index contributed by atoms with van der Waals surface area (Å²) in [4.78, 5) is 26.4. The number of hydrogen-bond acceptors (Lipinski definition) is 5. The molecule has 2 atom stereocenters. The van der Waals surface area contributed by atoms with Crippen molar-refractivity contribution in [1.82, 2.24) is 4.90 Å². The molecule has 0 aromatic rings. The fourth-order valence-electron chi connectivity index (χ4n) is 2.76. The standard InChI is InChI=1S/C17H31NO5/c1-11(15(2,3)4)12(13(19)21-9)23-14(20)18-16(5,6)10-22-17(18,7)8/h11-12H,10H2,1-9H3/t11-,12+/m1/s1. The van der Waals surface area contributed by atoms with E-state index in [0.717, 1.165) is 0 Å². The van der Waals surface area contributed by atoms with E-state index in [1.54, 1.807) is 4.90 Å². The van der Waals surface area contributed by atoms with E-state index in [1.807, 2.05) is 55.4 Å². The molecule has 0 N–H and O–H groups in total. The first kappa shape index (κ1) is 19.7. The Labute approximate surface area is 139 Å². The fraction of sp³-hybridized carbons (Fsp3) is 0.882. The van der Waals surface area contributed by atoms with E-state index in [2.05, 4.69) is 0 Å². The molecule has 1 amide bonds. The van der Waals surface area contributed by atoms with E-state index in [1.165, 1.54) is 7.11 Å². The van der Waals surface area contributed by atoms with Gasteiger partial charge in [-0.25, -0.2) is 9.59 Å². The molecular formula is C17H31NO5. The summed E-state index contributed by atoms with van der Waals surface area (Å²) in [5.41, 5.74) is -1.51. The Morgan fingerprint density at radius 1 is 1.17 bits per heavy atom. The number of hydrogen-bond donors (Lipinski definition) is 0. The molecule has 1 saturated heterocycles. The van der Waals surface area contributed by atoms with Crippen molar-refractivity contribution < 1.29 is 23.8 Å². The molecule has 134 valence electrons. The van der Waals surface area contributed by atoms with Crippen LogP contribution in [0.15, 0.2) is 0 Å². The highest BCUT2D eigenvalue weighted by Gasteiger charge is 2.51. The Morgan fingerprint density at radius 3 is 2.04 bits per heavy atom. The summed E-state index contributed by atoms with van der Waals surface area (Å²) in [5.74, 6) is -0.745. The molecule has 0 unspecified atom stereocenters. The third-order valence-electron chi connectivity index (χ3n) is 4.59. The SMILES string of the molecule is COC(=O)[C@@H](OC(=O)N1C(C)(C)COC1(C)C)[C@@H](C)C(C)(C)C. The second-order valence-electron chi connectivity index (χ2n) is 8.37. The van der Waals surface area contributed by atoms with Gasteiger partial charge in [0.15, 0.2) is 0 Å². The Bertz CT molecular complexity index is 448. The maximum absolute atomic E-state index is 12.8. The molecule has 0 aromatic heterocycles. The second kappa shape index (κ2) is 6.30. The lowest BCUT2D eigenvalue weighted by Gasteiger charge is -2.39. The van der Waals surface area contributed by atoms with E-state index in [0.29, 0.717) is 6.61 Å². The van der Waals surface area contributed by atoms with Gasteiger partial charge in [0.2, 0.25) is 6.10 Å². The summed E-state index contributed by atoms with van der Waals surface area (Å²) in [5, 5.41) is 0. The predicted octanol–water partition coefficient (Wildman–Crippen LogP) is 3.19. The lowest BCUT2D eigenvalue weighted by atomic mass is 9.78. The minimum Gasteiger partial charge on any atom is -0.466 e. The first-order valence-corrected chi connectivity index (χ1v) is 7.97. The summed E-state index contributed by atoms with van der Waals surface area (Å²) in [6, 6.07) is 0. The molecular weight excluding hydrogens is 298 g/mol. The number of nitrogens with zero attached hydrogens (tertiary/aromatic N) is 1. The predicted molar refractivity (Wildman–Crippen MR) is 86.9 cm³/mol. The first-order valence-electron chi connectivity index (χ1n) is 7.97. The normalized spacial score (nSPS) is 22.4. The highest BCUT2D eigenvalue weighted by atomic mass is 16.6. The van der Waals surface area contributed by atoms with Crippen molar-refractivity contribution in [3.8, 4) is 0 Å². The monoisotopic (exact) mass is 329 g/mol. The van der Waals surface area contributed by atoms with Gasteiger partial charge in [-0.05, 0) is 33.1 Å². The van der Waals surface area contributed by atoms with Crippen LogP contribution in [0.25, 0.3) is 0 Å². The van der Waals surface area contributed by atoms with Crippen LogP contribution in [-0.2, 0) is 19.0 Å². The molecule has 6 nitrogen and oxygen atoms in total. The van der Waals surface area contributed by atoms with Crippen LogP contribution < -0.4 is 0 Å². The van der Waals surface area contributed by atoms with Crippen LogP contribution in [0, 0.1) is 11.3 Å². The molecule has 0 aromatic carbocycles. The molecule has 6 heteroatoms. The number of esters is 1. The molecule has 0 saturated carbocycles. The lowest BCUT2D eigenvalue weighted by Crippen LogP contribution is -2.55. The third kappa shape index (κ3) is 4.16. The molecule has 0 aliphatic carbocycles. The topological polar surface area (TPSA) is 65.1 Å². The molecule has 0 spiro atoms. The van der Waals surface area contributed by atoms with Crippen molar-refractivity contribution in [2.75, 3.05) is 13.7 Å². The van der Waals surface area contributed by atoms with Crippen LogP contribution in [0.3, 0.4) is 0 Å². The number of carbonyl (C=O) groups excluding carboxylic acids is 2. The quantitative estimate of drug-likeness (QED) is 0.744. The third-order valence-corrected chi connectivity index (χ3v) is 4.59. The zero-order valence-corrected chi connectivity index (χ0v) is 15.9. The Kier molecular flexibility index (Phi) is 5.41. The molecule has 23 heavy (non-hydrogen) atoms. The molecule has 0 radical (unpaired) electrons. The molecule has 1 aliphatic rings. The van der Waals surface area contributed by atoms with E-state index in [-0.39, 0.29) is 11.3 Å². The van der Waals surface area contributed by atoms with Crippen molar-refractivity contribution in [2.24, 2.45) is 11.3 Å². The summed E-state index contributed by atoms with van der Waals surface area (Å²) >= 11 is 0. The lowest BCUT2D eigenvalue weighted by molar-refractivity contribution is -0.158. The summed E-state index contributed by atoms with van der Waals surface area (Å²) in [7, 11) is 1.30. The van der Waals surface area contributed by atoms with Crippen LogP contribution in [0.4, 0.5) is 4.79 Å². The van der Waals surface area contributed by atoms with Gasteiger partial charge in [0.05, 0.1) is 19.3 Å². The Morgan fingerprint density at radius 2 is 1.70 bits per heavy atom. The highest BCUT2D eigenvalue weighted by molar-refractivity contribution is 5.79.